The minimum atomic E-state index is -1.60. The van der Waals surface area contributed by atoms with Gasteiger partial charge in [-0.25, -0.2) is 4.79 Å². The summed E-state index contributed by atoms with van der Waals surface area (Å²) in [6.45, 7) is 0.372. The van der Waals surface area contributed by atoms with Crippen LogP contribution in [0.3, 0.4) is 0 Å². The van der Waals surface area contributed by atoms with Gasteiger partial charge in [-0.15, -0.1) is 0 Å². The van der Waals surface area contributed by atoms with Crippen LogP contribution in [0.2, 0.25) is 0 Å². The molecule has 0 saturated carbocycles. The largest absolute Gasteiger partial charge is 0.481 e. The summed E-state index contributed by atoms with van der Waals surface area (Å²) < 4.78 is 0. The zero-order valence-corrected chi connectivity index (χ0v) is 12.4. The molecule has 132 valence electrons. The van der Waals surface area contributed by atoms with Crippen molar-refractivity contribution in [2.45, 2.75) is 44.0 Å². The standard InChI is InChI=1S/C12H21N3O8/c1-5(17)9(13)11(21)14-6(2-3-8(18)19)10(20)15-7(4-16)12(22)23/h5-7,9,16-17H,2-4,13H2,1H3,(H,14,21)(H,15,20)(H,18,19)(H,22,23)/t5-,6+,7+,9+/m1/s1. The SMILES string of the molecule is C[C@@H](O)[C@H](N)C(=O)N[C@@H](CCC(=O)O)C(=O)N[C@@H](CO)C(=O)O. The molecular weight excluding hydrogens is 314 g/mol. The third-order valence-corrected chi connectivity index (χ3v) is 2.90. The molecule has 0 fully saturated rings. The Bertz CT molecular complexity index is 454. The van der Waals surface area contributed by atoms with Crippen molar-refractivity contribution in [3.05, 3.63) is 0 Å². The molecule has 4 atom stereocenters. The molecule has 0 bridgehead atoms. The first-order valence-corrected chi connectivity index (χ1v) is 6.70. The molecule has 0 aromatic rings. The lowest BCUT2D eigenvalue weighted by molar-refractivity contribution is -0.144. The fraction of sp³-hybridized carbons (Fsp3) is 0.667. The number of nitrogens with two attached hydrogens (primary N) is 1. The molecule has 11 heteroatoms. The van der Waals surface area contributed by atoms with Crippen molar-refractivity contribution in [2.75, 3.05) is 6.61 Å². The molecule has 0 saturated heterocycles. The second kappa shape index (κ2) is 9.71. The van der Waals surface area contributed by atoms with Crippen LogP contribution in [0.1, 0.15) is 19.8 Å². The lowest BCUT2D eigenvalue weighted by Gasteiger charge is -2.22. The minimum absolute atomic E-state index is 0.322. The highest BCUT2D eigenvalue weighted by Gasteiger charge is 2.29. The highest BCUT2D eigenvalue weighted by atomic mass is 16.4. The Morgan fingerprint density at radius 1 is 1.04 bits per heavy atom. The average Bonchev–Trinajstić information content (AvgIpc) is 2.46. The monoisotopic (exact) mass is 335 g/mol. The van der Waals surface area contributed by atoms with E-state index in [9.17, 15) is 24.3 Å². The Kier molecular flexibility index (Phi) is 8.77. The Morgan fingerprint density at radius 2 is 1.57 bits per heavy atom. The Hall–Kier alpha value is -2.24. The normalized spacial score (nSPS) is 15.8. The first kappa shape index (κ1) is 20.8. The molecule has 0 aromatic heterocycles. The number of carbonyl (C=O) groups excluding carboxylic acids is 2. The van der Waals surface area contributed by atoms with E-state index in [1.807, 2.05) is 5.32 Å². The number of rotatable bonds is 10. The maximum atomic E-state index is 12.0. The molecule has 0 heterocycles. The second-order valence-corrected chi connectivity index (χ2v) is 4.84. The van der Waals surface area contributed by atoms with Crippen LogP contribution in [-0.4, -0.2) is 75.0 Å². The van der Waals surface area contributed by atoms with Crippen LogP contribution in [0.4, 0.5) is 0 Å². The minimum Gasteiger partial charge on any atom is -0.481 e. The summed E-state index contributed by atoms with van der Waals surface area (Å²) >= 11 is 0. The second-order valence-electron chi connectivity index (χ2n) is 4.84. The average molecular weight is 335 g/mol. The molecule has 11 nitrogen and oxygen atoms in total. The summed E-state index contributed by atoms with van der Waals surface area (Å²) in [4.78, 5) is 45.1. The number of amides is 2. The number of nitrogens with one attached hydrogen (secondary N) is 2. The fourth-order valence-corrected chi connectivity index (χ4v) is 1.48. The van der Waals surface area contributed by atoms with Gasteiger partial charge in [0.05, 0.1) is 12.7 Å². The van der Waals surface area contributed by atoms with Crippen LogP contribution in [0.5, 0.6) is 0 Å². The van der Waals surface area contributed by atoms with E-state index in [1.54, 1.807) is 0 Å². The van der Waals surface area contributed by atoms with Gasteiger partial charge in [0.15, 0.2) is 0 Å². The summed E-state index contributed by atoms with van der Waals surface area (Å²) in [6, 6.07) is -4.32. The number of carboxylic acids is 2. The van der Waals surface area contributed by atoms with Gasteiger partial charge in [0.25, 0.3) is 0 Å². The number of carboxylic acid groups (broad SMARTS) is 2. The molecule has 0 rings (SSSR count). The molecule has 0 spiro atoms. The first-order valence-electron chi connectivity index (χ1n) is 6.70. The molecule has 0 aliphatic carbocycles. The van der Waals surface area contributed by atoms with Gasteiger partial charge in [-0.05, 0) is 13.3 Å². The van der Waals surface area contributed by atoms with E-state index >= 15 is 0 Å². The van der Waals surface area contributed by atoms with E-state index in [0.717, 1.165) is 0 Å². The summed E-state index contributed by atoms with van der Waals surface area (Å²) in [6.07, 6.45) is -2.00. The van der Waals surface area contributed by atoms with Gasteiger partial charge >= 0.3 is 11.9 Å². The molecule has 0 unspecified atom stereocenters. The van der Waals surface area contributed by atoms with Crippen LogP contribution in [0.25, 0.3) is 0 Å². The summed E-state index contributed by atoms with van der Waals surface area (Å²) in [7, 11) is 0. The van der Waals surface area contributed by atoms with Gasteiger partial charge in [0.2, 0.25) is 11.8 Å². The van der Waals surface area contributed by atoms with Crippen molar-refractivity contribution in [1.82, 2.24) is 10.6 Å². The molecule has 8 N–H and O–H groups in total. The van der Waals surface area contributed by atoms with Crippen molar-refractivity contribution >= 4 is 23.8 Å². The molecular formula is C12H21N3O8. The van der Waals surface area contributed by atoms with Gasteiger partial charge in [-0.1, -0.05) is 0 Å². The third kappa shape index (κ3) is 7.54. The Labute approximate surface area is 131 Å². The lowest BCUT2D eigenvalue weighted by atomic mass is 10.1. The summed E-state index contributed by atoms with van der Waals surface area (Å²) in [5.41, 5.74) is 5.40. The van der Waals surface area contributed by atoms with Crippen molar-refractivity contribution < 1.29 is 39.6 Å². The van der Waals surface area contributed by atoms with E-state index in [4.69, 9.17) is 21.1 Å². The molecule has 0 radical (unpaired) electrons. The maximum Gasteiger partial charge on any atom is 0.328 e. The molecule has 0 aromatic carbocycles. The molecule has 2 amide bonds. The quantitative estimate of drug-likeness (QED) is 0.212. The van der Waals surface area contributed by atoms with E-state index in [-0.39, 0.29) is 6.42 Å². The molecule has 0 aliphatic rings. The number of aliphatic hydroxyl groups is 2. The Balaban J connectivity index is 4.98. The van der Waals surface area contributed by atoms with Gasteiger partial charge in [-0.3, -0.25) is 14.4 Å². The predicted octanol–water partition coefficient (Wildman–Crippen LogP) is -3.39. The summed E-state index contributed by atoms with van der Waals surface area (Å²) in [5.74, 6) is -4.61. The topological polar surface area (TPSA) is 199 Å². The number of hydrogen-bond donors (Lipinski definition) is 7. The number of carbonyl (C=O) groups is 4. The highest BCUT2D eigenvalue weighted by molar-refractivity contribution is 5.92. The Morgan fingerprint density at radius 3 is 1.96 bits per heavy atom. The summed E-state index contributed by atoms with van der Waals surface area (Å²) in [5, 5.41) is 39.6. The van der Waals surface area contributed by atoms with Gasteiger partial charge in [0.1, 0.15) is 18.1 Å². The van der Waals surface area contributed by atoms with Crippen LogP contribution < -0.4 is 16.4 Å². The van der Waals surface area contributed by atoms with E-state index in [1.165, 1.54) is 6.92 Å². The van der Waals surface area contributed by atoms with Gasteiger partial charge in [0, 0.05) is 6.42 Å². The molecule has 0 aliphatic heterocycles. The number of aliphatic carboxylic acids is 2. The van der Waals surface area contributed by atoms with E-state index in [2.05, 4.69) is 5.32 Å². The van der Waals surface area contributed by atoms with Crippen LogP contribution in [0.15, 0.2) is 0 Å². The van der Waals surface area contributed by atoms with Crippen molar-refractivity contribution in [3.8, 4) is 0 Å². The van der Waals surface area contributed by atoms with E-state index in [0.29, 0.717) is 0 Å². The van der Waals surface area contributed by atoms with Crippen molar-refractivity contribution in [3.63, 3.8) is 0 Å². The first-order chi connectivity index (χ1) is 10.6. The highest BCUT2D eigenvalue weighted by Crippen LogP contribution is 2.01. The fourth-order valence-electron chi connectivity index (χ4n) is 1.48. The smallest absolute Gasteiger partial charge is 0.328 e. The van der Waals surface area contributed by atoms with Gasteiger partial charge in [-0.2, -0.15) is 0 Å². The van der Waals surface area contributed by atoms with Crippen molar-refractivity contribution in [1.29, 1.82) is 0 Å². The van der Waals surface area contributed by atoms with Gasteiger partial charge < -0.3 is 36.8 Å². The molecule has 23 heavy (non-hydrogen) atoms. The van der Waals surface area contributed by atoms with Crippen LogP contribution >= 0.6 is 0 Å². The maximum absolute atomic E-state index is 12.0. The van der Waals surface area contributed by atoms with Crippen LogP contribution in [-0.2, 0) is 19.2 Å². The van der Waals surface area contributed by atoms with Crippen LogP contribution in [0, 0.1) is 0 Å². The zero-order chi connectivity index (χ0) is 18.2. The zero-order valence-electron chi connectivity index (χ0n) is 12.4. The number of aliphatic hydroxyl groups excluding tert-OH is 2. The number of hydrogen-bond acceptors (Lipinski definition) is 7. The lowest BCUT2D eigenvalue weighted by Crippen LogP contribution is -2.56. The van der Waals surface area contributed by atoms with E-state index < -0.39 is 61.0 Å². The third-order valence-electron chi connectivity index (χ3n) is 2.90. The predicted molar refractivity (Wildman–Crippen MR) is 75.1 cm³/mol. The van der Waals surface area contributed by atoms with Crippen molar-refractivity contribution in [2.24, 2.45) is 5.73 Å².